The molecule has 0 bridgehead atoms. The van der Waals surface area contributed by atoms with Gasteiger partial charge in [0.2, 0.25) is 0 Å². The lowest BCUT2D eigenvalue weighted by Gasteiger charge is -2.39. The van der Waals surface area contributed by atoms with Crippen molar-refractivity contribution >= 4 is 0 Å². The molecule has 1 heteroatoms. The maximum atomic E-state index is 3.88. The molecule has 19 heavy (non-hydrogen) atoms. The summed E-state index contributed by atoms with van der Waals surface area (Å²) >= 11 is 0. The summed E-state index contributed by atoms with van der Waals surface area (Å²) in [6.45, 7) is 11.0. The molecule has 0 spiro atoms. The molecule has 2 fully saturated rings. The second-order valence-corrected chi connectivity index (χ2v) is 7.97. The van der Waals surface area contributed by atoms with Crippen LogP contribution < -0.4 is 5.32 Å². The van der Waals surface area contributed by atoms with Crippen molar-refractivity contribution in [2.45, 2.75) is 85.1 Å². The normalized spacial score (nSPS) is 36.6. The molecule has 0 aromatic rings. The third kappa shape index (κ3) is 3.97. The van der Waals surface area contributed by atoms with E-state index in [1.54, 1.807) is 0 Å². The molecule has 2 atom stereocenters. The highest BCUT2D eigenvalue weighted by Gasteiger charge is 2.32. The minimum absolute atomic E-state index is 0.560. The fourth-order valence-corrected chi connectivity index (χ4v) is 4.21. The summed E-state index contributed by atoms with van der Waals surface area (Å²) in [4.78, 5) is 0. The zero-order valence-corrected chi connectivity index (χ0v) is 13.7. The summed E-state index contributed by atoms with van der Waals surface area (Å²) in [5, 5.41) is 3.88. The molecule has 1 N–H and O–H groups in total. The third-order valence-corrected chi connectivity index (χ3v) is 6.45. The Bertz CT molecular complexity index is 263. The van der Waals surface area contributed by atoms with Gasteiger partial charge in [-0.2, -0.15) is 0 Å². The highest BCUT2D eigenvalue weighted by Crippen LogP contribution is 2.40. The topological polar surface area (TPSA) is 12.0 Å². The Labute approximate surface area is 120 Å². The first-order valence-electron chi connectivity index (χ1n) is 8.76. The van der Waals surface area contributed by atoms with Crippen LogP contribution in [0.2, 0.25) is 0 Å². The first kappa shape index (κ1) is 15.4. The average Bonchev–Trinajstić information content (AvgIpc) is 2.82. The Morgan fingerprint density at radius 3 is 2.21 bits per heavy atom. The lowest BCUT2D eigenvalue weighted by atomic mass is 9.69. The second kappa shape index (κ2) is 6.61. The second-order valence-electron chi connectivity index (χ2n) is 7.97. The molecule has 2 rings (SSSR count). The molecule has 0 aromatic carbocycles. The van der Waals surface area contributed by atoms with Gasteiger partial charge in [0.25, 0.3) is 0 Å². The van der Waals surface area contributed by atoms with Gasteiger partial charge in [0.05, 0.1) is 0 Å². The van der Waals surface area contributed by atoms with E-state index in [2.05, 4.69) is 33.0 Å². The van der Waals surface area contributed by atoms with Gasteiger partial charge in [0.15, 0.2) is 0 Å². The van der Waals surface area contributed by atoms with Crippen LogP contribution in [0.25, 0.3) is 0 Å². The molecule has 2 unspecified atom stereocenters. The lowest BCUT2D eigenvalue weighted by Crippen LogP contribution is -2.39. The molecule has 2 saturated carbocycles. The van der Waals surface area contributed by atoms with E-state index in [1.165, 1.54) is 57.9 Å². The Kier molecular flexibility index (Phi) is 5.34. The summed E-state index contributed by atoms with van der Waals surface area (Å²) in [6, 6.07) is 0.816. The van der Waals surface area contributed by atoms with Crippen molar-refractivity contribution < 1.29 is 0 Å². The number of nitrogens with one attached hydrogen (secondary N) is 1. The Morgan fingerprint density at radius 1 is 1.00 bits per heavy atom. The van der Waals surface area contributed by atoms with E-state index in [0.717, 1.165) is 23.8 Å². The predicted molar refractivity (Wildman–Crippen MR) is 84.3 cm³/mol. The lowest BCUT2D eigenvalue weighted by molar-refractivity contribution is 0.135. The van der Waals surface area contributed by atoms with Gasteiger partial charge in [0, 0.05) is 6.04 Å². The van der Waals surface area contributed by atoms with Crippen molar-refractivity contribution in [3.63, 3.8) is 0 Å². The summed E-state index contributed by atoms with van der Waals surface area (Å²) in [5.41, 5.74) is 0.560. The minimum atomic E-state index is 0.560. The van der Waals surface area contributed by atoms with Crippen LogP contribution in [0.1, 0.15) is 79.1 Å². The van der Waals surface area contributed by atoms with E-state index < -0.39 is 0 Å². The molecule has 112 valence electrons. The van der Waals surface area contributed by atoms with Gasteiger partial charge in [-0.25, -0.2) is 0 Å². The zero-order valence-electron chi connectivity index (χ0n) is 13.7. The molecular weight excluding hydrogens is 230 g/mol. The first-order valence-corrected chi connectivity index (χ1v) is 8.76. The van der Waals surface area contributed by atoms with E-state index in [1.807, 2.05) is 0 Å². The largest absolute Gasteiger partial charge is 0.314 e. The minimum Gasteiger partial charge on any atom is -0.314 e. The molecule has 1 nitrogen and oxygen atoms in total. The van der Waals surface area contributed by atoms with E-state index in [-0.39, 0.29) is 0 Å². The standard InChI is InChI=1S/C18H35N/c1-5-18(3,4)16-9-11-17(12-10-16)19-13-15-8-6-7-14(15)2/h14-17,19H,5-13H2,1-4H3. The molecule has 0 aliphatic heterocycles. The van der Waals surface area contributed by atoms with E-state index in [9.17, 15) is 0 Å². The average molecular weight is 265 g/mol. The smallest absolute Gasteiger partial charge is 0.00673 e. The van der Waals surface area contributed by atoms with Crippen molar-refractivity contribution in [1.82, 2.24) is 5.32 Å². The first-order chi connectivity index (χ1) is 9.03. The van der Waals surface area contributed by atoms with Gasteiger partial charge in [-0.05, 0) is 61.8 Å². The van der Waals surface area contributed by atoms with Crippen LogP contribution in [0.4, 0.5) is 0 Å². The third-order valence-electron chi connectivity index (χ3n) is 6.45. The van der Waals surface area contributed by atoms with Crippen LogP contribution in [-0.4, -0.2) is 12.6 Å². The van der Waals surface area contributed by atoms with Crippen LogP contribution >= 0.6 is 0 Å². The fourth-order valence-electron chi connectivity index (χ4n) is 4.21. The molecule has 2 aliphatic rings. The van der Waals surface area contributed by atoms with E-state index >= 15 is 0 Å². The molecular formula is C18H35N. The van der Waals surface area contributed by atoms with Crippen molar-refractivity contribution in [2.75, 3.05) is 6.54 Å². The number of rotatable bonds is 5. The van der Waals surface area contributed by atoms with Crippen LogP contribution in [-0.2, 0) is 0 Å². The van der Waals surface area contributed by atoms with Crippen molar-refractivity contribution in [3.8, 4) is 0 Å². The maximum Gasteiger partial charge on any atom is 0.00673 e. The maximum absolute atomic E-state index is 3.88. The predicted octanol–water partition coefficient (Wildman–Crippen LogP) is 5.01. The van der Waals surface area contributed by atoms with Crippen molar-refractivity contribution in [1.29, 1.82) is 0 Å². The van der Waals surface area contributed by atoms with Crippen LogP contribution in [0.3, 0.4) is 0 Å². The van der Waals surface area contributed by atoms with Gasteiger partial charge in [-0.1, -0.05) is 47.0 Å². The molecule has 0 aromatic heterocycles. The summed E-state index contributed by atoms with van der Waals surface area (Å²) in [7, 11) is 0. The Balaban J connectivity index is 1.69. The highest BCUT2D eigenvalue weighted by molar-refractivity contribution is 4.86. The van der Waals surface area contributed by atoms with Crippen LogP contribution in [0.15, 0.2) is 0 Å². The van der Waals surface area contributed by atoms with E-state index in [4.69, 9.17) is 0 Å². The van der Waals surface area contributed by atoms with Gasteiger partial charge < -0.3 is 5.32 Å². The summed E-state index contributed by atoms with van der Waals surface area (Å²) in [6.07, 6.45) is 11.4. The zero-order chi connectivity index (χ0) is 13.9. The molecule has 0 amide bonds. The molecule has 2 aliphatic carbocycles. The molecule has 0 radical (unpaired) electrons. The van der Waals surface area contributed by atoms with Crippen LogP contribution in [0, 0.1) is 23.2 Å². The van der Waals surface area contributed by atoms with Gasteiger partial charge in [-0.3, -0.25) is 0 Å². The molecule has 0 heterocycles. The summed E-state index contributed by atoms with van der Waals surface area (Å²) < 4.78 is 0. The SMILES string of the molecule is CCC(C)(C)C1CCC(NCC2CCCC2C)CC1. The van der Waals surface area contributed by atoms with Crippen LogP contribution in [0.5, 0.6) is 0 Å². The Hall–Kier alpha value is -0.0400. The van der Waals surface area contributed by atoms with Crippen molar-refractivity contribution in [3.05, 3.63) is 0 Å². The fraction of sp³-hybridized carbons (Fsp3) is 1.00. The van der Waals surface area contributed by atoms with Crippen molar-refractivity contribution in [2.24, 2.45) is 23.2 Å². The molecule has 0 saturated heterocycles. The quantitative estimate of drug-likeness (QED) is 0.737. The highest BCUT2D eigenvalue weighted by atomic mass is 14.9. The summed E-state index contributed by atoms with van der Waals surface area (Å²) in [5.74, 6) is 2.88. The van der Waals surface area contributed by atoms with Gasteiger partial charge >= 0.3 is 0 Å². The van der Waals surface area contributed by atoms with E-state index in [0.29, 0.717) is 5.41 Å². The monoisotopic (exact) mass is 265 g/mol. The van der Waals surface area contributed by atoms with Gasteiger partial charge in [0.1, 0.15) is 0 Å². The number of hydrogen-bond donors (Lipinski definition) is 1. The van der Waals surface area contributed by atoms with Gasteiger partial charge in [-0.15, -0.1) is 0 Å². The number of hydrogen-bond acceptors (Lipinski definition) is 1. The Morgan fingerprint density at radius 2 is 1.68 bits per heavy atom.